The zero-order valence-corrected chi connectivity index (χ0v) is 23.7. The van der Waals surface area contributed by atoms with E-state index < -0.39 is 10.0 Å². The SMILES string of the molecule is COc1ccccc1CNc1nc([C@@H](C)N2CCN(S(=O)(=O)c3ccc(Br)cc3)CC2)nc2ccccc12. The van der Waals surface area contributed by atoms with E-state index in [0.717, 1.165) is 32.5 Å². The van der Waals surface area contributed by atoms with Gasteiger partial charge in [-0.1, -0.05) is 46.3 Å². The van der Waals surface area contributed by atoms with Gasteiger partial charge in [0.1, 0.15) is 17.4 Å². The van der Waals surface area contributed by atoms with Gasteiger partial charge in [0.2, 0.25) is 10.0 Å². The molecular weight excluding hydrogens is 566 g/mol. The number of hydrogen-bond donors (Lipinski definition) is 1. The molecule has 8 nitrogen and oxygen atoms in total. The molecule has 0 unspecified atom stereocenters. The number of piperazine rings is 1. The van der Waals surface area contributed by atoms with Gasteiger partial charge in [-0.3, -0.25) is 4.90 Å². The van der Waals surface area contributed by atoms with Gasteiger partial charge in [0.15, 0.2) is 0 Å². The van der Waals surface area contributed by atoms with E-state index in [-0.39, 0.29) is 6.04 Å². The van der Waals surface area contributed by atoms with Crippen molar-refractivity contribution in [3.8, 4) is 5.75 Å². The molecule has 2 heterocycles. The lowest BCUT2D eigenvalue weighted by atomic mass is 10.1. The van der Waals surface area contributed by atoms with Crippen LogP contribution in [-0.4, -0.2) is 60.9 Å². The van der Waals surface area contributed by atoms with E-state index in [4.69, 9.17) is 14.7 Å². The molecular formula is C28H30BrN5O3S. The van der Waals surface area contributed by atoms with E-state index in [1.54, 1.807) is 35.7 Å². The smallest absolute Gasteiger partial charge is 0.243 e. The van der Waals surface area contributed by atoms with Gasteiger partial charge >= 0.3 is 0 Å². The van der Waals surface area contributed by atoms with Gasteiger partial charge in [-0.05, 0) is 49.4 Å². The number of anilines is 1. The number of nitrogens with one attached hydrogen (secondary N) is 1. The van der Waals surface area contributed by atoms with Crippen molar-refractivity contribution >= 4 is 42.7 Å². The van der Waals surface area contributed by atoms with Crippen LogP contribution in [0.1, 0.15) is 24.4 Å². The first-order valence-corrected chi connectivity index (χ1v) is 14.7. The molecule has 0 spiro atoms. The summed E-state index contributed by atoms with van der Waals surface area (Å²) in [4.78, 5) is 12.3. The summed E-state index contributed by atoms with van der Waals surface area (Å²) in [6, 6.07) is 22.6. The maximum atomic E-state index is 13.1. The van der Waals surface area contributed by atoms with Gasteiger partial charge in [-0.15, -0.1) is 0 Å². The summed E-state index contributed by atoms with van der Waals surface area (Å²) in [6.45, 7) is 4.65. The normalized spacial score (nSPS) is 15.9. The predicted octanol–water partition coefficient (Wildman–Crippen LogP) is 5.08. The van der Waals surface area contributed by atoms with Crippen LogP contribution in [0.5, 0.6) is 5.75 Å². The van der Waals surface area contributed by atoms with Crippen LogP contribution < -0.4 is 10.1 Å². The number of methoxy groups -OCH3 is 1. The fourth-order valence-corrected chi connectivity index (χ4v) is 6.38. The third kappa shape index (κ3) is 5.54. The minimum Gasteiger partial charge on any atom is -0.496 e. The largest absolute Gasteiger partial charge is 0.496 e. The zero-order chi connectivity index (χ0) is 26.7. The molecule has 0 saturated carbocycles. The molecule has 1 aromatic heterocycles. The molecule has 1 atom stereocenters. The Balaban J connectivity index is 1.33. The number of ether oxygens (including phenoxy) is 1. The average molecular weight is 597 g/mol. The Bertz CT molecular complexity index is 1520. The first-order chi connectivity index (χ1) is 18.4. The Morgan fingerprint density at radius 2 is 1.63 bits per heavy atom. The van der Waals surface area contributed by atoms with Gasteiger partial charge < -0.3 is 10.1 Å². The van der Waals surface area contributed by atoms with Gasteiger partial charge in [0.25, 0.3) is 0 Å². The molecule has 3 aromatic carbocycles. The van der Waals surface area contributed by atoms with Crippen LogP contribution >= 0.6 is 15.9 Å². The number of nitrogens with zero attached hydrogens (tertiary/aromatic N) is 4. The van der Waals surface area contributed by atoms with Gasteiger partial charge in [-0.2, -0.15) is 4.31 Å². The Morgan fingerprint density at radius 1 is 0.947 bits per heavy atom. The van der Waals surface area contributed by atoms with Crippen molar-refractivity contribution in [2.45, 2.75) is 24.4 Å². The number of aromatic nitrogens is 2. The van der Waals surface area contributed by atoms with E-state index in [0.29, 0.717) is 43.4 Å². The molecule has 0 aliphatic carbocycles. The van der Waals surface area contributed by atoms with Crippen molar-refractivity contribution in [3.05, 3.63) is 88.7 Å². The second-order valence-electron chi connectivity index (χ2n) is 9.18. The van der Waals surface area contributed by atoms with Crippen LogP contribution in [0.15, 0.2) is 82.2 Å². The van der Waals surface area contributed by atoms with Crippen LogP contribution in [0.2, 0.25) is 0 Å². The summed E-state index contributed by atoms with van der Waals surface area (Å²) in [5.41, 5.74) is 1.90. The first kappa shape index (κ1) is 26.6. The first-order valence-electron chi connectivity index (χ1n) is 12.5. The number of sulfonamides is 1. The number of halogens is 1. The molecule has 1 saturated heterocycles. The number of rotatable bonds is 8. The third-order valence-corrected chi connectivity index (χ3v) is 9.35. The highest BCUT2D eigenvalue weighted by atomic mass is 79.9. The van der Waals surface area contributed by atoms with Gasteiger partial charge in [0, 0.05) is 48.1 Å². The highest BCUT2D eigenvalue weighted by Crippen LogP contribution is 2.28. The second kappa shape index (κ2) is 11.4. The summed E-state index contributed by atoms with van der Waals surface area (Å²) in [6.07, 6.45) is 0. The highest BCUT2D eigenvalue weighted by molar-refractivity contribution is 9.10. The van der Waals surface area contributed by atoms with E-state index in [1.807, 2.05) is 48.5 Å². The van der Waals surface area contributed by atoms with Crippen LogP contribution in [-0.2, 0) is 16.6 Å². The topological polar surface area (TPSA) is 87.7 Å². The monoisotopic (exact) mass is 595 g/mol. The lowest BCUT2D eigenvalue weighted by Gasteiger charge is -2.36. The van der Waals surface area contributed by atoms with Crippen LogP contribution in [0.25, 0.3) is 10.9 Å². The lowest BCUT2D eigenvalue weighted by molar-refractivity contribution is 0.141. The van der Waals surface area contributed by atoms with Crippen LogP contribution in [0.3, 0.4) is 0 Å². The Kier molecular flexibility index (Phi) is 7.94. The maximum absolute atomic E-state index is 13.1. The molecule has 1 fully saturated rings. The third-order valence-electron chi connectivity index (χ3n) is 6.91. The van der Waals surface area contributed by atoms with Crippen LogP contribution in [0, 0.1) is 0 Å². The fourth-order valence-electron chi connectivity index (χ4n) is 4.69. The fraction of sp³-hybridized carbons (Fsp3) is 0.286. The zero-order valence-electron chi connectivity index (χ0n) is 21.3. The molecule has 0 radical (unpaired) electrons. The maximum Gasteiger partial charge on any atom is 0.243 e. The molecule has 0 amide bonds. The summed E-state index contributed by atoms with van der Waals surface area (Å²) in [5.74, 6) is 2.29. The minimum absolute atomic E-state index is 0.0797. The van der Waals surface area contributed by atoms with Gasteiger partial charge in [-0.25, -0.2) is 18.4 Å². The predicted molar refractivity (Wildman–Crippen MR) is 153 cm³/mol. The molecule has 0 bridgehead atoms. The van der Waals surface area contributed by atoms with Crippen molar-refractivity contribution in [3.63, 3.8) is 0 Å². The molecule has 198 valence electrons. The quantitative estimate of drug-likeness (QED) is 0.304. The number of hydrogen-bond acceptors (Lipinski definition) is 7. The van der Waals surface area contributed by atoms with Crippen molar-refractivity contribution < 1.29 is 13.2 Å². The van der Waals surface area contributed by atoms with E-state index in [1.165, 1.54) is 0 Å². The highest BCUT2D eigenvalue weighted by Gasteiger charge is 2.31. The van der Waals surface area contributed by atoms with Crippen molar-refractivity contribution in [2.75, 3.05) is 38.6 Å². The Morgan fingerprint density at radius 3 is 2.37 bits per heavy atom. The molecule has 10 heteroatoms. The molecule has 5 rings (SSSR count). The summed E-state index contributed by atoms with van der Waals surface area (Å²) >= 11 is 3.37. The molecule has 4 aromatic rings. The van der Waals surface area contributed by atoms with E-state index >= 15 is 0 Å². The number of fused-ring (bicyclic) bond motifs is 1. The standard InChI is InChI=1S/C28H30BrN5O3S/c1-20(33-15-17-34(18-16-33)38(35,36)23-13-11-22(29)12-14-23)27-31-25-9-5-4-8-24(25)28(32-27)30-19-21-7-3-6-10-26(21)37-2/h3-14,20H,15-19H2,1-2H3,(H,30,31,32)/t20-/m1/s1. The summed E-state index contributed by atoms with van der Waals surface area (Å²) in [5, 5.41) is 4.43. The van der Waals surface area contributed by atoms with Crippen molar-refractivity contribution in [1.29, 1.82) is 0 Å². The Labute approximate surface area is 231 Å². The number of benzene rings is 3. The van der Waals surface area contributed by atoms with Gasteiger partial charge in [0.05, 0.1) is 23.6 Å². The van der Waals surface area contributed by atoms with E-state index in [9.17, 15) is 8.42 Å². The minimum atomic E-state index is -3.53. The second-order valence-corrected chi connectivity index (χ2v) is 12.0. The van der Waals surface area contributed by atoms with Crippen molar-refractivity contribution in [2.24, 2.45) is 0 Å². The summed E-state index contributed by atoms with van der Waals surface area (Å²) in [7, 11) is -1.86. The molecule has 1 aliphatic rings. The molecule has 1 N–H and O–H groups in total. The number of para-hydroxylation sites is 2. The molecule has 38 heavy (non-hydrogen) atoms. The lowest BCUT2D eigenvalue weighted by Crippen LogP contribution is -2.49. The van der Waals surface area contributed by atoms with Crippen molar-refractivity contribution in [1.82, 2.24) is 19.2 Å². The van der Waals surface area contributed by atoms with E-state index in [2.05, 4.69) is 33.1 Å². The molecule has 1 aliphatic heterocycles. The average Bonchev–Trinajstić information content (AvgIpc) is 2.95. The van der Waals surface area contributed by atoms with Crippen LogP contribution in [0.4, 0.5) is 5.82 Å². The summed E-state index contributed by atoms with van der Waals surface area (Å²) < 4.78 is 34.1. The Hall–Kier alpha value is -3.05.